The lowest BCUT2D eigenvalue weighted by Crippen LogP contribution is -2.31. The predicted octanol–water partition coefficient (Wildman–Crippen LogP) is 5.25. The second-order valence-electron chi connectivity index (χ2n) is 9.50. The summed E-state index contributed by atoms with van der Waals surface area (Å²) < 4.78 is 28.6. The van der Waals surface area contributed by atoms with Crippen LogP contribution in [0.1, 0.15) is 67.2 Å². The minimum Gasteiger partial charge on any atom is -0.351 e. The third-order valence-electron chi connectivity index (χ3n) is 6.96. The number of benzene rings is 1. The Hall–Kier alpha value is -2.91. The van der Waals surface area contributed by atoms with Gasteiger partial charge in [-0.15, -0.1) is 0 Å². The SMILES string of the molecule is Cc1cc(N2C(=S)N[C@@H](c3ccccn3)[C@H]2c2cccn2C2CCCCC2)ccc1NS(C)(=O)=O. The van der Waals surface area contributed by atoms with E-state index in [1.165, 1.54) is 37.8 Å². The quantitative estimate of drug-likeness (QED) is 0.442. The number of thiocarbonyl (C=S) groups is 1. The average molecular weight is 510 g/mol. The molecule has 0 amide bonds. The molecular formula is C26H31N5O2S2. The van der Waals surface area contributed by atoms with Crippen molar-refractivity contribution < 1.29 is 8.42 Å². The first-order valence-electron chi connectivity index (χ1n) is 12.1. The standard InChI is InChI=1S/C26H31N5O2S2/c1-18-17-20(13-14-21(18)29-35(2,32)33)31-25(24(28-26(31)34)22-11-6-7-15-27-22)23-12-8-16-30(23)19-9-4-3-5-10-19/h6-8,11-17,19,24-25,29H,3-5,9-10H2,1-2H3,(H,28,34)/t24-,25+/m0/s1. The van der Waals surface area contributed by atoms with E-state index in [0.717, 1.165) is 23.2 Å². The molecule has 1 saturated carbocycles. The summed E-state index contributed by atoms with van der Waals surface area (Å²) in [6.07, 6.45) is 11.4. The molecule has 1 saturated heterocycles. The summed E-state index contributed by atoms with van der Waals surface area (Å²) in [6, 6.07) is 16.3. The fourth-order valence-electron chi connectivity index (χ4n) is 5.39. The van der Waals surface area contributed by atoms with Gasteiger partial charge in [-0.2, -0.15) is 0 Å². The molecule has 2 aliphatic rings. The number of nitrogens with zero attached hydrogens (tertiary/aromatic N) is 3. The molecule has 0 spiro atoms. The lowest BCUT2D eigenvalue weighted by Gasteiger charge is -2.32. The molecule has 0 unspecified atom stereocenters. The van der Waals surface area contributed by atoms with Gasteiger partial charge in [-0.05, 0) is 80.0 Å². The van der Waals surface area contributed by atoms with Gasteiger partial charge in [-0.3, -0.25) is 9.71 Å². The molecule has 5 rings (SSSR count). The zero-order chi connectivity index (χ0) is 24.6. The van der Waals surface area contributed by atoms with Gasteiger partial charge in [0.15, 0.2) is 5.11 Å². The van der Waals surface area contributed by atoms with Crippen molar-refractivity contribution in [2.75, 3.05) is 15.9 Å². The largest absolute Gasteiger partial charge is 0.351 e. The van der Waals surface area contributed by atoms with Crippen molar-refractivity contribution in [3.05, 3.63) is 77.9 Å². The smallest absolute Gasteiger partial charge is 0.229 e. The van der Waals surface area contributed by atoms with Gasteiger partial charge in [0.25, 0.3) is 0 Å². The summed E-state index contributed by atoms with van der Waals surface area (Å²) in [5, 5.41) is 4.16. The van der Waals surface area contributed by atoms with E-state index >= 15 is 0 Å². The Balaban J connectivity index is 1.58. The third kappa shape index (κ3) is 4.92. The molecule has 3 aromatic rings. The summed E-state index contributed by atoms with van der Waals surface area (Å²) in [4.78, 5) is 6.82. The Morgan fingerprint density at radius 3 is 2.57 bits per heavy atom. The summed E-state index contributed by atoms with van der Waals surface area (Å²) in [6.45, 7) is 1.90. The van der Waals surface area contributed by atoms with Crippen LogP contribution in [0.15, 0.2) is 60.9 Å². The van der Waals surface area contributed by atoms with E-state index in [2.05, 4.69) is 42.8 Å². The van der Waals surface area contributed by atoms with Crippen LogP contribution in [0, 0.1) is 6.92 Å². The van der Waals surface area contributed by atoms with E-state index in [1.54, 1.807) is 6.07 Å². The minimum absolute atomic E-state index is 0.0950. The first-order chi connectivity index (χ1) is 16.8. The normalized spacial score (nSPS) is 21.2. The Bertz CT molecular complexity index is 1320. The highest BCUT2D eigenvalue weighted by atomic mass is 32.2. The lowest BCUT2D eigenvalue weighted by molar-refractivity contribution is 0.340. The van der Waals surface area contributed by atoms with Crippen LogP contribution in [0.25, 0.3) is 0 Å². The molecule has 35 heavy (non-hydrogen) atoms. The molecule has 9 heteroatoms. The summed E-state index contributed by atoms with van der Waals surface area (Å²) in [7, 11) is -3.36. The number of aromatic nitrogens is 2. The third-order valence-corrected chi connectivity index (χ3v) is 7.87. The zero-order valence-corrected chi connectivity index (χ0v) is 21.6. The maximum Gasteiger partial charge on any atom is 0.229 e. The second kappa shape index (κ2) is 9.62. The van der Waals surface area contributed by atoms with Gasteiger partial charge in [-0.25, -0.2) is 8.42 Å². The number of hydrogen-bond donors (Lipinski definition) is 2. The van der Waals surface area contributed by atoms with Gasteiger partial charge in [-0.1, -0.05) is 25.3 Å². The first-order valence-corrected chi connectivity index (χ1v) is 14.4. The number of aryl methyl sites for hydroxylation is 1. The van der Waals surface area contributed by atoms with Crippen molar-refractivity contribution >= 4 is 38.7 Å². The van der Waals surface area contributed by atoms with Crippen LogP contribution in [0.5, 0.6) is 0 Å². The molecule has 1 aromatic carbocycles. The highest BCUT2D eigenvalue weighted by molar-refractivity contribution is 7.92. The number of hydrogen-bond acceptors (Lipinski definition) is 4. The fourth-order valence-corrected chi connectivity index (χ4v) is 6.37. The van der Waals surface area contributed by atoms with Crippen molar-refractivity contribution in [1.29, 1.82) is 0 Å². The van der Waals surface area contributed by atoms with Crippen molar-refractivity contribution in [1.82, 2.24) is 14.9 Å². The summed E-state index contributed by atoms with van der Waals surface area (Å²) >= 11 is 5.88. The van der Waals surface area contributed by atoms with E-state index in [1.807, 2.05) is 43.5 Å². The maximum absolute atomic E-state index is 11.8. The molecule has 2 fully saturated rings. The molecule has 1 aliphatic carbocycles. The highest BCUT2D eigenvalue weighted by Crippen LogP contribution is 2.44. The van der Waals surface area contributed by atoms with Crippen molar-refractivity contribution in [2.24, 2.45) is 0 Å². The molecule has 0 bridgehead atoms. The Labute approximate surface area is 212 Å². The zero-order valence-electron chi connectivity index (χ0n) is 20.0. The van der Waals surface area contributed by atoms with Gasteiger partial charge >= 0.3 is 0 Å². The van der Waals surface area contributed by atoms with Crippen molar-refractivity contribution in [2.45, 2.75) is 57.2 Å². The molecule has 1 aliphatic heterocycles. The van der Waals surface area contributed by atoms with Gasteiger partial charge in [0.05, 0.1) is 23.7 Å². The minimum atomic E-state index is -3.36. The van der Waals surface area contributed by atoms with Crippen LogP contribution in [-0.4, -0.2) is 29.3 Å². The van der Waals surface area contributed by atoms with Crippen LogP contribution in [0.2, 0.25) is 0 Å². The molecule has 2 aromatic heterocycles. The summed E-state index contributed by atoms with van der Waals surface area (Å²) in [5.41, 5.74) is 4.46. The topological polar surface area (TPSA) is 79.3 Å². The maximum atomic E-state index is 11.8. The average Bonchev–Trinajstić information content (AvgIpc) is 3.45. The molecule has 0 radical (unpaired) electrons. The highest BCUT2D eigenvalue weighted by Gasteiger charge is 2.42. The van der Waals surface area contributed by atoms with Crippen molar-refractivity contribution in [3.8, 4) is 0 Å². The predicted molar refractivity (Wildman–Crippen MR) is 144 cm³/mol. The Morgan fingerprint density at radius 2 is 1.89 bits per heavy atom. The van der Waals surface area contributed by atoms with Gasteiger partial charge in [0.2, 0.25) is 10.0 Å². The van der Waals surface area contributed by atoms with E-state index < -0.39 is 10.0 Å². The monoisotopic (exact) mass is 509 g/mol. The van der Waals surface area contributed by atoms with Gasteiger partial charge in [0.1, 0.15) is 6.04 Å². The molecule has 184 valence electrons. The molecule has 2 N–H and O–H groups in total. The molecule has 2 atom stereocenters. The number of sulfonamides is 1. The van der Waals surface area contributed by atoms with E-state index in [-0.39, 0.29) is 12.1 Å². The Morgan fingerprint density at radius 1 is 1.09 bits per heavy atom. The van der Waals surface area contributed by atoms with E-state index in [9.17, 15) is 8.42 Å². The number of rotatable bonds is 6. The van der Waals surface area contributed by atoms with E-state index in [0.29, 0.717) is 16.8 Å². The lowest BCUT2D eigenvalue weighted by atomic mass is 9.94. The van der Waals surface area contributed by atoms with Crippen LogP contribution in [0.3, 0.4) is 0 Å². The van der Waals surface area contributed by atoms with Gasteiger partial charge < -0.3 is 14.8 Å². The van der Waals surface area contributed by atoms with Crippen LogP contribution in [0.4, 0.5) is 11.4 Å². The van der Waals surface area contributed by atoms with Crippen molar-refractivity contribution in [3.63, 3.8) is 0 Å². The molecular weight excluding hydrogens is 478 g/mol. The first kappa shape index (κ1) is 23.8. The van der Waals surface area contributed by atoms with Gasteiger partial charge in [0, 0.05) is 29.8 Å². The Kier molecular flexibility index (Phi) is 6.55. The van der Waals surface area contributed by atoms with Crippen LogP contribution < -0.4 is 14.9 Å². The van der Waals surface area contributed by atoms with Crippen LogP contribution >= 0.6 is 12.2 Å². The fraction of sp³-hybridized carbons (Fsp3) is 0.385. The molecule has 3 heterocycles. The van der Waals surface area contributed by atoms with Crippen LogP contribution in [-0.2, 0) is 10.0 Å². The number of anilines is 2. The molecule has 7 nitrogen and oxygen atoms in total. The number of nitrogens with one attached hydrogen (secondary N) is 2. The number of pyridine rings is 1. The second-order valence-corrected chi connectivity index (χ2v) is 11.6. The summed E-state index contributed by atoms with van der Waals surface area (Å²) in [5.74, 6) is 0. The van der Waals surface area contributed by atoms with E-state index in [4.69, 9.17) is 12.2 Å².